The van der Waals surface area contributed by atoms with Crippen LogP contribution in [0.5, 0.6) is 0 Å². The third-order valence-electron chi connectivity index (χ3n) is 3.52. The van der Waals surface area contributed by atoms with Crippen molar-refractivity contribution < 1.29 is 9.53 Å². The van der Waals surface area contributed by atoms with Gasteiger partial charge in [0, 0.05) is 5.69 Å². The summed E-state index contributed by atoms with van der Waals surface area (Å²) in [4.78, 5) is 16.2. The van der Waals surface area contributed by atoms with Crippen LogP contribution in [0.25, 0.3) is 5.69 Å². The van der Waals surface area contributed by atoms with E-state index in [2.05, 4.69) is 4.98 Å². The number of carbonyl (C=O) groups is 1. The minimum Gasteiger partial charge on any atom is -0.456 e. The van der Waals surface area contributed by atoms with Crippen molar-refractivity contribution in [2.75, 3.05) is 5.73 Å². The van der Waals surface area contributed by atoms with E-state index in [1.54, 1.807) is 4.57 Å². The average molecular weight is 307 g/mol. The summed E-state index contributed by atoms with van der Waals surface area (Å²) in [6, 6.07) is 17.3. The first-order valence-corrected chi connectivity index (χ1v) is 7.26. The molecule has 0 fully saturated rings. The fourth-order valence-electron chi connectivity index (χ4n) is 2.22. The van der Waals surface area contributed by atoms with E-state index < -0.39 is 5.97 Å². The number of anilines is 1. The molecule has 0 aliphatic heterocycles. The molecule has 1 aromatic heterocycles. The molecule has 5 nitrogen and oxygen atoms in total. The number of nitrogens with two attached hydrogens (primary N) is 1. The monoisotopic (exact) mass is 307 g/mol. The van der Waals surface area contributed by atoms with Gasteiger partial charge >= 0.3 is 5.97 Å². The second-order valence-corrected chi connectivity index (χ2v) is 5.25. The molecule has 5 heteroatoms. The first kappa shape index (κ1) is 14.8. The first-order valence-electron chi connectivity index (χ1n) is 7.26. The lowest BCUT2D eigenvalue weighted by Gasteiger charge is -2.06. The van der Waals surface area contributed by atoms with Crippen LogP contribution < -0.4 is 5.73 Å². The molecule has 3 aromatic rings. The summed E-state index contributed by atoms with van der Waals surface area (Å²) in [6.07, 6.45) is 1.53. The lowest BCUT2D eigenvalue weighted by Crippen LogP contribution is -2.09. The van der Waals surface area contributed by atoms with Crippen LogP contribution in [-0.4, -0.2) is 15.5 Å². The number of benzene rings is 2. The Kier molecular flexibility index (Phi) is 4.10. The summed E-state index contributed by atoms with van der Waals surface area (Å²) in [5, 5.41) is 0. The molecular weight excluding hydrogens is 290 g/mol. The Morgan fingerprint density at radius 3 is 2.52 bits per heavy atom. The lowest BCUT2D eigenvalue weighted by molar-refractivity contribution is 0.0467. The van der Waals surface area contributed by atoms with Gasteiger partial charge in [0.25, 0.3) is 0 Å². The molecule has 0 unspecified atom stereocenters. The fourth-order valence-corrected chi connectivity index (χ4v) is 2.22. The van der Waals surface area contributed by atoms with Crippen LogP contribution in [0.1, 0.15) is 21.6 Å². The molecule has 0 bridgehead atoms. The van der Waals surface area contributed by atoms with E-state index in [-0.39, 0.29) is 18.1 Å². The van der Waals surface area contributed by atoms with E-state index in [0.717, 1.165) is 16.8 Å². The maximum absolute atomic E-state index is 12.2. The third kappa shape index (κ3) is 3.23. The number of imidazole rings is 1. The standard InChI is InChI=1S/C18H17N3O2/c1-13-7-9-15(10-8-13)21-12-20-16(17(21)19)18(22)23-11-14-5-3-2-4-6-14/h2-10,12H,11,19H2,1H3. The molecule has 116 valence electrons. The van der Waals surface area contributed by atoms with Crippen molar-refractivity contribution in [3.05, 3.63) is 77.7 Å². The SMILES string of the molecule is Cc1ccc(-n2cnc(C(=O)OCc3ccccc3)c2N)cc1. The van der Waals surface area contributed by atoms with E-state index in [1.165, 1.54) is 6.33 Å². The predicted octanol–water partition coefficient (Wildman–Crippen LogP) is 3.12. The molecule has 0 atom stereocenters. The van der Waals surface area contributed by atoms with Gasteiger partial charge in [0.1, 0.15) is 18.8 Å². The van der Waals surface area contributed by atoms with Gasteiger partial charge in [-0.2, -0.15) is 0 Å². The predicted molar refractivity (Wildman–Crippen MR) is 88.3 cm³/mol. The first-order chi connectivity index (χ1) is 11.1. The largest absolute Gasteiger partial charge is 0.456 e. The van der Waals surface area contributed by atoms with Crippen LogP contribution in [-0.2, 0) is 11.3 Å². The van der Waals surface area contributed by atoms with Gasteiger partial charge < -0.3 is 10.5 Å². The van der Waals surface area contributed by atoms with Gasteiger partial charge in [-0.05, 0) is 24.6 Å². The second kappa shape index (κ2) is 6.36. The zero-order valence-corrected chi connectivity index (χ0v) is 12.8. The van der Waals surface area contributed by atoms with Crippen molar-refractivity contribution in [3.8, 4) is 5.69 Å². The fraction of sp³-hybridized carbons (Fsp3) is 0.111. The molecule has 23 heavy (non-hydrogen) atoms. The Labute approximate surface area is 134 Å². The van der Waals surface area contributed by atoms with Gasteiger partial charge in [0.15, 0.2) is 5.69 Å². The number of ether oxygens (including phenoxy) is 1. The molecule has 0 aliphatic rings. The highest BCUT2D eigenvalue weighted by Crippen LogP contribution is 2.18. The van der Waals surface area contributed by atoms with Crippen molar-refractivity contribution in [2.24, 2.45) is 0 Å². The van der Waals surface area contributed by atoms with Crippen LogP contribution in [0.3, 0.4) is 0 Å². The minimum atomic E-state index is -0.530. The van der Waals surface area contributed by atoms with Gasteiger partial charge in [-0.1, -0.05) is 48.0 Å². The highest BCUT2D eigenvalue weighted by molar-refractivity contribution is 5.92. The number of esters is 1. The highest BCUT2D eigenvalue weighted by Gasteiger charge is 2.18. The van der Waals surface area contributed by atoms with E-state index >= 15 is 0 Å². The van der Waals surface area contributed by atoms with Crippen LogP contribution in [0.15, 0.2) is 60.9 Å². The summed E-state index contributed by atoms with van der Waals surface area (Å²) < 4.78 is 6.93. The summed E-state index contributed by atoms with van der Waals surface area (Å²) in [6.45, 7) is 2.20. The van der Waals surface area contributed by atoms with Crippen LogP contribution >= 0.6 is 0 Å². The molecular formula is C18H17N3O2. The molecule has 0 saturated heterocycles. The van der Waals surface area contributed by atoms with Gasteiger partial charge in [-0.3, -0.25) is 4.57 Å². The van der Waals surface area contributed by atoms with Crippen molar-refractivity contribution >= 4 is 11.8 Å². The highest BCUT2D eigenvalue weighted by atomic mass is 16.5. The lowest BCUT2D eigenvalue weighted by atomic mass is 10.2. The van der Waals surface area contributed by atoms with Crippen molar-refractivity contribution in [1.82, 2.24) is 9.55 Å². The topological polar surface area (TPSA) is 70.1 Å². The van der Waals surface area contributed by atoms with Gasteiger partial charge in [-0.25, -0.2) is 9.78 Å². The molecule has 1 heterocycles. The zero-order chi connectivity index (χ0) is 16.2. The van der Waals surface area contributed by atoms with Gasteiger partial charge in [0.05, 0.1) is 0 Å². The van der Waals surface area contributed by atoms with Crippen molar-refractivity contribution in [1.29, 1.82) is 0 Å². The number of rotatable bonds is 4. The van der Waals surface area contributed by atoms with E-state index in [4.69, 9.17) is 10.5 Å². The number of nitrogens with zero attached hydrogens (tertiary/aromatic N) is 2. The molecule has 0 spiro atoms. The van der Waals surface area contributed by atoms with Crippen LogP contribution in [0, 0.1) is 6.92 Å². The number of aromatic nitrogens is 2. The van der Waals surface area contributed by atoms with Gasteiger partial charge in [0.2, 0.25) is 0 Å². The Hall–Kier alpha value is -3.08. The molecule has 3 rings (SSSR count). The molecule has 0 amide bonds. The number of aryl methyl sites for hydroxylation is 1. The zero-order valence-electron chi connectivity index (χ0n) is 12.8. The van der Waals surface area contributed by atoms with Gasteiger partial charge in [-0.15, -0.1) is 0 Å². The number of carbonyl (C=O) groups excluding carboxylic acids is 1. The Balaban J connectivity index is 1.76. The van der Waals surface area contributed by atoms with E-state index in [9.17, 15) is 4.79 Å². The minimum absolute atomic E-state index is 0.126. The van der Waals surface area contributed by atoms with Crippen LogP contribution in [0.4, 0.5) is 5.82 Å². The summed E-state index contributed by atoms with van der Waals surface area (Å²) in [7, 11) is 0. The maximum Gasteiger partial charge on any atom is 0.361 e. The number of nitrogen functional groups attached to an aromatic ring is 1. The molecule has 0 aliphatic carbocycles. The Bertz CT molecular complexity index is 808. The normalized spacial score (nSPS) is 10.5. The Morgan fingerprint density at radius 2 is 1.83 bits per heavy atom. The molecule has 0 radical (unpaired) electrons. The van der Waals surface area contributed by atoms with E-state index in [0.29, 0.717) is 0 Å². The van der Waals surface area contributed by atoms with Crippen molar-refractivity contribution in [2.45, 2.75) is 13.5 Å². The average Bonchev–Trinajstić information content (AvgIpc) is 2.96. The molecule has 2 aromatic carbocycles. The Morgan fingerprint density at radius 1 is 1.13 bits per heavy atom. The number of hydrogen-bond acceptors (Lipinski definition) is 4. The maximum atomic E-state index is 12.2. The smallest absolute Gasteiger partial charge is 0.361 e. The van der Waals surface area contributed by atoms with Crippen molar-refractivity contribution in [3.63, 3.8) is 0 Å². The van der Waals surface area contributed by atoms with E-state index in [1.807, 2.05) is 61.5 Å². The van der Waals surface area contributed by atoms with Crippen LogP contribution in [0.2, 0.25) is 0 Å². The quantitative estimate of drug-likeness (QED) is 0.752. The summed E-state index contributed by atoms with van der Waals surface area (Å²) >= 11 is 0. The summed E-state index contributed by atoms with van der Waals surface area (Å²) in [5.74, 6) is -0.260. The molecule has 0 saturated carbocycles. The second-order valence-electron chi connectivity index (χ2n) is 5.25. The number of hydrogen-bond donors (Lipinski definition) is 1. The third-order valence-corrected chi connectivity index (χ3v) is 3.52. The summed E-state index contributed by atoms with van der Waals surface area (Å²) in [5.41, 5.74) is 9.08. The molecule has 2 N–H and O–H groups in total.